The fourth-order valence-corrected chi connectivity index (χ4v) is 4.36. The van der Waals surface area contributed by atoms with Gasteiger partial charge in [0.1, 0.15) is 0 Å². The molecule has 16 heavy (non-hydrogen) atoms. The number of rotatable bonds is 1. The van der Waals surface area contributed by atoms with E-state index in [0.717, 1.165) is 19.3 Å². The second-order valence-electron chi connectivity index (χ2n) is 5.59. The molecule has 0 saturated heterocycles. The molecule has 0 spiro atoms. The first kappa shape index (κ1) is 10.5. The van der Waals surface area contributed by atoms with E-state index in [2.05, 4.69) is 0 Å². The Kier molecular flexibility index (Phi) is 2.27. The van der Waals surface area contributed by atoms with Crippen LogP contribution in [0.5, 0.6) is 0 Å². The van der Waals surface area contributed by atoms with E-state index in [1.165, 1.54) is 7.11 Å². The lowest BCUT2D eigenvalue weighted by atomic mass is 9.49. The minimum Gasteiger partial charge on any atom is -0.469 e. The summed E-state index contributed by atoms with van der Waals surface area (Å²) in [5.41, 5.74) is 0. The molecule has 4 nitrogen and oxygen atoms in total. The number of esters is 1. The van der Waals surface area contributed by atoms with Crippen molar-refractivity contribution >= 4 is 5.97 Å². The molecule has 90 valence electrons. The van der Waals surface area contributed by atoms with Crippen LogP contribution in [0.3, 0.4) is 0 Å². The van der Waals surface area contributed by atoms with Gasteiger partial charge in [-0.15, -0.1) is 0 Å². The van der Waals surface area contributed by atoms with Crippen molar-refractivity contribution in [3.63, 3.8) is 0 Å². The molecule has 4 aliphatic rings. The van der Waals surface area contributed by atoms with Crippen molar-refractivity contribution in [1.29, 1.82) is 0 Å². The lowest BCUT2D eigenvalue weighted by Gasteiger charge is -2.57. The molecule has 4 saturated carbocycles. The second-order valence-corrected chi connectivity index (χ2v) is 5.59. The number of carbonyl (C=O) groups is 1. The van der Waals surface area contributed by atoms with Gasteiger partial charge in [-0.2, -0.15) is 0 Å². The minimum atomic E-state index is -0.521. The highest BCUT2D eigenvalue weighted by Crippen LogP contribution is 2.56. The molecular weight excluding hydrogens is 208 g/mol. The molecule has 0 aromatic carbocycles. The van der Waals surface area contributed by atoms with Crippen LogP contribution < -0.4 is 0 Å². The van der Waals surface area contributed by atoms with E-state index in [0.29, 0.717) is 5.92 Å². The number of carbonyl (C=O) groups excluding carboxylic acids is 1. The second kappa shape index (κ2) is 3.44. The largest absolute Gasteiger partial charge is 0.469 e. The number of aliphatic hydroxyl groups excluding tert-OH is 2. The molecule has 5 unspecified atom stereocenters. The first-order chi connectivity index (χ1) is 7.63. The van der Waals surface area contributed by atoms with Gasteiger partial charge >= 0.3 is 5.97 Å². The van der Waals surface area contributed by atoms with Crippen molar-refractivity contribution in [3.05, 3.63) is 0 Å². The molecule has 0 radical (unpaired) electrons. The number of hydrogen-bond donors (Lipinski definition) is 2. The van der Waals surface area contributed by atoms with Gasteiger partial charge in [0.15, 0.2) is 0 Å². The van der Waals surface area contributed by atoms with E-state index in [-0.39, 0.29) is 29.6 Å². The predicted molar refractivity (Wildman–Crippen MR) is 55.3 cm³/mol. The van der Waals surface area contributed by atoms with Gasteiger partial charge in [-0.1, -0.05) is 0 Å². The highest BCUT2D eigenvalue weighted by molar-refractivity contribution is 5.73. The van der Waals surface area contributed by atoms with Crippen LogP contribution in [0.1, 0.15) is 19.3 Å². The van der Waals surface area contributed by atoms with E-state index in [1.54, 1.807) is 0 Å². The normalized spacial score (nSPS) is 54.1. The molecule has 2 N–H and O–H groups in total. The van der Waals surface area contributed by atoms with Gasteiger partial charge in [-0.05, 0) is 37.0 Å². The van der Waals surface area contributed by atoms with Gasteiger partial charge in [-0.25, -0.2) is 0 Å². The molecule has 4 bridgehead atoms. The van der Waals surface area contributed by atoms with Crippen LogP contribution in [0.4, 0.5) is 0 Å². The Bertz CT molecular complexity index is 298. The number of ether oxygens (including phenoxy) is 1. The predicted octanol–water partition coefficient (Wildman–Crippen LogP) is 0.173. The summed E-state index contributed by atoms with van der Waals surface area (Å²) in [5, 5.41) is 20.3. The van der Waals surface area contributed by atoms with E-state index >= 15 is 0 Å². The molecular formula is C12H18O4. The van der Waals surface area contributed by atoms with Crippen LogP contribution in [0.25, 0.3) is 0 Å². The monoisotopic (exact) mass is 226 g/mol. The van der Waals surface area contributed by atoms with Gasteiger partial charge < -0.3 is 14.9 Å². The molecule has 0 aromatic heterocycles. The highest BCUT2D eigenvalue weighted by atomic mass is 16.5. The molecule has 4 heteroatoms. The first-order valence-corrected chi connectivity index (χ1v) is 6.07. The van der Waals surface area contributed by atoms with Crippen molar-refractivity contribution in [2.75, 3.05) is 7.11 Å². The standard InChI is InChI=1S/C12H18O4/c1-16-12(15)8-5-2-6-4-7(3-5)11(14)9(8)10(6)13/h5-11,13-14H,2-4H2,1H3. The zero-order valence-electron chi connectivity index (χ0n) is 9.37. The van der Waals surface area contributed by atoms with Gasteiger partial charge in [0.2, 0.25) is 0 Å². The smallest absolute Gasteiger partial charge is 0.309 e. The molecule has 0 amide bonds. The number of aliphatic hydroxyl groups is 2. The molecule has 0 heterocycles. The fourth-order valence-electron chi connectivity index (χ4n) is 4.36. The summed E-state index contributed by atoms with van der Waals surface area (Å²) in [6.07, 6.45) is 1.71. The summed E-state index contributed by atoms with van der Waals surface area (Å²) < 4.78 is 4.81. The topological polar surface area (TPSA) is 66.8 Å². The van der Waals surface area contributed by atoms with Crippen LogP contribution in [0, 0.1) is 29.6 Å². The molecule has 4 fully saturated rings. The van der Waals surface area contributed by atoms with Crippen LogP contribution >= 0.6 is 0 Å². The zero-order valence-corrected chi connectivity index (χ0v) is 9.37. The summed E-state index contributed by atoms with van der Waals surface area (Å²) in [5.74, 6) is 0.0579. The lowest BCUT2D eigenvalue weighted by Crippen LogP contribution is -2.62. The third-order valence-corrected chi connectivity index (χ3v) is 4.97. The summed E-state index contributed by atoms with van der Waals surface area (Å²) in [7, 11) is 1.38. The van der Waals surface area contributed by atoms with Gasteiger partial charge in [-0.3, -0.25) is 4.79 Å². The summed E-state index contributed by atoms with van der Waals surface area (Å²) in [4.78, 5) is 11.7. The highest BCUT2D eigenvalue weighted by Gasteiger charge is 2.59. The van der Waals surface area contributed by atoms with E-state index in [9.17, 15) is 15.0 Å². The summed E-state index contributed by atoms with van der Waals surface area (Å²) in [6, 6.07) is 0. The van der Waals surface area contributed by atoms with Crippen LogP contribution in [0.15, 0.2) is 0 Å². The Morgan fingerprint density at radius 2 is 1.56 bits per heavy atom. The maximum absolute atomic E-state index is 11.7. The maximum Gasteiger partial charge on any atom is 0.309 e. The maximum atomic E-state index is 11.7. The van der Waals surface area contributed by atoms with Crippen molar-refractivity contribution < 1.29 is 19.7 Å². The van der Waals surface area contributed by atoms with E-state index in [4.69, 9.17) is 4.74 Å². The van der Waals surface area contributed by atoms with Crippen molar-refractivity contribution in [3.8, 4) is 0 Å². The van der Waals surface area contributed by atoms with Crippen molar-refractivity contribution in [2.45, 2.75) is 31.5 Å². The average Bonchev–Trinajstić information content (AvgIpc) is 2.29. The van der Waals surface area contributed by atoms with Crippen LogP contribution in [-0.2, 0) is 9.53 Å². The van der Waals surface area contributed by atoms with Crippen molar-refractivity contribution in [2.24, 2.45) is 29.6 Å². The van der Waals surface area contributed by atoms with E-state index in [1.807, 2.05) is 0 Å². The first-order valence-electron chi connectivity index (χ1n) is 6.07. The molecule has 4 aliphatic carbocycles. The molecule has 4 rings (SSSR count). The molecule has 0 aliphatic heterocycles. The summed E-state index contributed by atoms with van der Waals surface area (Å²) in [6.45, 7) is 0. The van der Waals surface area contributed by atoms with Crippen LogP contribution in [-0.4, -0.2) is 35.5 Å². The fraction of sp³-hybridized carbons (Fsp3) is 0.917. The Morgan fingerprint density at radius 3 is 2.06 bits per heavy atom. The average molecular weight is 226 g/mol. The number of hydrogen-bond acceptors (Lipinski definition) is 4. The van der Waals surface area contributed by atoms with Gasteiger partial charge in [0, 0.05) is 5.92 Å². The Hall–Kier alpha value is -0.610. The summed E-state index contributed by atoms with van der Waals surface area (Å²) >= 11 is 0. The Labute approximate surface area is 94.6 Å². The van der Waals surface area contributed by atoms with Crippen LogP contribution in [0.2, 0.25) is 0 Å². The molecule has 0 aromatic rings. The van der Waals surface area contributed by atoms with E-state index < -0.39 is 12.2 Å². The third-order valence-electron chi connectivity index (χ3n) is 4.97. The minimum absolute atomic E-state index is 0.257. The molecule has 5 atom stereocenters. The Morgan fingerprint density at radius 1 is 1.06 bits per heavy atom. The number of methoxy groups -OCH3 is 1. The Balaban J connectivity index is 1.94. The van der Waals surface area contributed by atoms with Crippen molar-refractivity contribution in [1.82, 2.24) is 0 Å². The zero-order chi connectivity index (χ0) is 11.4. The van der Waals surface area contributed by atoms with Gasteiger partial charge in [0.05, 0.1) is 25.2 Å². The lowest BCUT2D eigenvalue weighted by molar-refractivity contribution is -0.205. The van der Waals surface area contributed by atoms with Gasteiger partial charge in [0.25, 0.3) is 0 Å². The SMILES string of the molecule is COC(=O)C1C2CC3CC(C2)C(O)C1C3O. The third kappa shape index (κ3) is 1.20. The quantitative estimate of drug-likeness (QED) is 0.626.